The molecule has 0 bridgehead atoms. The molecular formula is C11H16IN3O5. The lowest BCUT2D eigenvalue weighted by Crippen LogP contribution is -2.34. The van der Waals surface area contributed by atoms with Crippen LogP contribution in [0.15, 0.2) is 9.59 Å². The van der Waals surface area contributed by atoms with Gasteiger partial charge in [-0.3, -0.25) is 0 Å². The minimum Gasteiger partial charge on any atom is -0.390 e. The second-order valence-electron chi connectivity index (χ2n) is 5.06. The van der Waals surface area contributed by atoms with Crippen LogP contribution in [0.1, 0.15) is 0 Å². The lowest BCUT2D eigenvalue weighted by molar-refractivity contribution is 0.177. The number of aliphatic hydroxyl groups excluding tert-OH is 1. The SMILES string of the molecule is O=c1n(CC(O)CI)c(=O)n(CC2CO2)n1CC1CO1. The van der Waals surface area contributed by atoms with Gasteiger partial charge in [0.05, 0.1) is 39.0 Å². The fourth-order valence-corrected chi connectivity index (χ4v) is 2.35. The molecule has 3 atom stereocenters. The van der Waals surface area contributed by atoms with Gasteiger partial charge in [-0.15, -0.1) is 0 Å². The fourth-order valence-electron chi connectivity index (χ4n) is 2.07. The van der Waals surface area contributed by atoms with Gasteiger partial charge in [0.2, 0.25) is 0 Å². The highest BCUT2D eigenvalue weighted by Crippen LogP contribution is 2.13. The van der Waals surface area contributed by atoms with Crippen molar-refractivity contribution in [3.8, 4) is 0 Å². The van der Waals surface area contributed by atoms with Crippen molar-refractivity contribution >= 4 is 22.6 Å². The molecule has 112 valence electrons. The first-order valence-electron chi connectivity index (χ1n) is 6.48. The molecule has 0 aliphatic carbocycles. The van der Waals surface area contributed by atoms with Gasteiger partial charge in [0.25, 0.3) is 0 Å². The lowest BCUT2D eigenvalue weighted by atomic mass is 10.4. The molecule has 3 rings (SSSR count). The van der Waals surface area contributed by atoms with E-state index in [0.717, 1.165) is 4.57 Å². The highest BCUT2D eigenvalue weighted by Gasteiger charge is 2.30. The van der Waals surface area contributed by atoms with Gasteiger partial charge in [-0.25, -0.2) is 23.5 Å². The zero-order valence-corrected chi connectivity index (χ0v) is 12.9. The zero-order chi connectivity index (χ0) is 14.3. The quantitative estimate of drug-likeness (QED) is 0.340. The summed E-state index contributed by atoms with van der Waals surface area (Å²) in [6, 6.07) is 0. The normalized spacial score (nSPS) is 25.7. The molecule has 0 spiro atoms. The predicted molar refractivity (Wildman–Crippen MR) is 77.3 cm³/mol. The maximum Gasteiger partial charge on any atom is 0.347 e. The average molecular weight is 397 g/mol. The van der Waals surface area contributed by atoms with Gasteiger partial charge in [0.1, 0.15) is 12.2 Å². The van der Waals surface area contributed by atoms with Crippen LogP contribution in [0.2, 0.25) is 0 Å². The molecule has 0 aromatic carbocycles. The minimum absolute atomic E-state index is 0.00354. The van der Waals surface area contributed by atoms with E-state index in [1.807, 2.05) is 22.6 Å². The summed E-state index contributed by atoms with van der Waals surface area (Å²) >= 11 is 2.02. The van der Waals surface area contributed by atoms with Crippen molar-refractivity contribution < 1.29 is 14.6 Å². The Bertz CT molecular complexity index is 553. The third-order valence-corrected chi connectivity index (χ3v) is 4.34. The van der Waals surface area contributed by atoms with E-state index in [-0.39, 0.29) is 18.8 Å². The number of aliphatic hydroxyl groups is 1. The molecule has 8 nitrogen and oxygen atoms in total. The Morgan fingerprint density at radius 3 is 1.95 bits per heavy atom. The summed E-state index contributed by atoms with van der Waals surface area (Å²) < 4.78 is 14.6. The molecule has 1 aromatic heterocycles. The molecule has 1 aromatic rings. The Hall–Kier alpha value is -0.650. The lowest BCUT2D eigenvalue weighted by Gasteiger charge is -2.05. The number of halogens is 1. The summed E-state index contributed by atoms with van der Waals surface area (Å²) in [5.41, 5.74) is -0.787. The molecule has 2 fully saturated rings. The first-order chi connectivity index (χ1) is 9.60. The van der Waals surface area contributed by atoms with Crippen molar-refractivity contribution in [1.29, 1.82) is 0 Å². The molecule has 20 heavy (non-hydrogen) atoms. The first kappa shape index (κ1) is 14.3. The summed E-state index contributed by atoms with van der Waals surface area (Å²) in [5, 5.41) is 9.67. The summed E-state index contributed by atoms with van der Waals surface area (Å²) in [4.78, 5) is 24.6. The van der Waals surface area contributed by atoms with Crippen LogP contribution in [0, 0.1) is 0 Å². The monoisotopic (exact) mass is 397 g/mol. The number of alkyl halides is 1. The summed E-state index contributed by atoms with van der Waals surface area (Å²) in [7, 11) is 0. The third kappa shape index (κ3) is 3.00. The van der Waals surface area contributed by atoms with E-state index < -0.39 is 17.5 Å². The van der Waals surface area contributed by atoms with Crippen molar-refractivity contribution in [2.24, 2.45) is 0 Å². The maximum atomic E-state index is 12.3. The molecule has 0 amide bonds. The number of rotatable bonds is 7. The molecular weight excluding hydrogens is 381 g/mol. The number of ether oxygens (including phenoxy) is 2. The van der Waals surface area contributed by atoms with Gasteiger partial charge < -0.3 is 14.6 Å². The molecule has 0 saturated carbocycles. The Labute approximate surface area is 128 Å². The molecule has 9 heteroatoms. The minimum atomic E-state index is -0.709. The van der Waals surface area contributed by atoms with Crippen molar-refractivity contribution in [2.75, 3.05) is 17.6 Å². The van der Waals surface area contributed by atoms with E-state index in [9.17, 15) is 14.7 Å². The maximum absolute atomic E-state index is 12.3. The van der Waals surface area contributed by atoms with Gasteiger partial charge in [-0.05, 0) is 0 Å². The van der Waals surface area contributed by atoms with Crippen LogP contribution >= 0.6 is 22.6 Å². The van der Waals surface area contributed by atoms with Gasteiger partial charge >= 0.3 is 11.4 Å². The molecule has 2 aliphatic rings. The van der Waals surface area contributed by atoms with Crippen molar-refractivity contribution in [2.45, 2.75) is 37.9 Å². The fraction of sp³-hybridized carbons (Fsp3) is 0.818. The van der Waals surface area contributed by atoms with E-state index in [2.05, 4.69) is 0 Å². The van der Waals surface area contributed by atoms with Crippen LogP contribution in [0.5, 0.6) is 0 Å². The number of hydrogen-bond acceptors (Lipinski definition) is 5. The van der Waals surface area contributed by atoms with Crippen LogP contribution in [0.4, 0.5) is 0 Å². The second-order valence-corrected chi connectivity index (χ2v) is 5.94. The third-order valence-electron chi connectivity index (χ3n) is 3.32. The Morgan fingerprint density at radius 2 is 1.60 bits per heavy atom. The smallest absolute Gasteiger partial charge is 0.347 e. The standard InChI is InChI=1S/C11H16IN3O5/c12-1-7(16)2-13-10(17)14(3-8-5-19-8)15(11(13)18)4-9-6-20-9/h7-9,16H,1-6H2. The number of hydrogen-bond donors (Lipinski definition) is 1. The topological polar surface area (TPSA) is 94.2 Å². The van der Waals surface area contributed by atoms with E-state index in [0.29, 0.717) is 30.7 Å². The van der Waals surface area contributed by atoms with Crippen LogP contribution < -0.4 is 11.4 Å². The largest absolute Gasteiger partial charge is 0.390 e. The van der Waals surface area contributed by atoms with Gasteiger partial charge in [-0.1, -0.05) is 22.6 Å². The van der Waals surface area contributed by atoms with E-state index >= 15 is 0 Å². The van der Waals surface area contributed by atoms with E-state index in [1.54, 1.807) is 0 Å². The first-order valence-corrected chi connectivity index (χ1v) is 8.00. The summed E-state index contributed by atoms with van der Waals surface area (Å²) in [6.07, 6.45) is -0.702. The predicted octanol–water partition coefficient (Wildman–Crippen LogP) is -1.59. The Morgan fingerprint density at radius 1 is 1.15 bits per heavy atom. The number of aromatic nitrogens is 3. The van der Waals surface area contributed by atoms with Crippen molar-refractivity contribution in [3.63, 3.8) is 0 Å². The van der Waals surface area contributed by atoms with E-state index in [1.165, 1.54) is 9.36 Å². The van der Waals surface area contributed by atoms with Crippen LogP contribution in [-0.4, -0.2) is 55.0 Å². The number of nitrogens with zero attached hydrogens (tertiary/aromatic N) is 3. The molecule has 2 aliphatic heterocycles. The molecule has 0 radical (unpaired) electrons. The molecule has 3 unspecified atom stereocenters. The van der Waals surface area contributed by atoms with Crippen LogP contribution in [0.25, 0.3) is 0 Å². The summed E-state index contributed by atoms with van der Waals surface area (Å²) in [6.45, 7) is 1.98. The Balaban J connectivity index is 1.94. The Kier molecular flexibility index (Phi) is 4.02. The van der Waals surface area contributed by atoms with Crippen LogP contribution in [-0.2, 0) is 29.1 Å². The highest BCUT2D eigenvalue weighted by atomic mass is 127. The molecule has 3 heterocycles. The van der Waals surface area contributed by atoms with Gasteiger partial charge in [-0.2, -0.15) is 0 Å². The zero-order valence-electron chi connectivity index (χ0n) is 10.8. The van der Waals surface area contributed by atoms with Crippen molar-refractivity contribution in [3.05, 3.63) is 21.0 Å². The van der Waals surface area contributed by atoms with Gasteiger partial charge in [0, 0.05) is 4.43 Å². The summed E-state index contributed by atoms with van der Waals surface area (Å²) in [5.74, 6) is 0. The molecule has 1 N–H and O–H groups in total. The highest BCUT2D eigenvalue weighted by molar-refractivity contribution is 14.1. The van der Waals surface area contributed by atoms with E-state index in [4.69, 9.17) is 9.47 Å². The number of epoxide rings is 2. The van der Waals surface area contributed by atoms with Crippen molar-refractivity contribution in [1.82, 2.24) is 13.9 Å². The molecule has 2 saturated heterocycles. The average Bonchev–Trinajstić information content (AvgIpc) is 3.32. The van der Waals surface area contributed by atoms with Crippen LogP contribution in [0.3, 0.4) is 0 Å². The second kappa shape index (κ2) is 5.62. The van der Waals surface area contributed by atoms with Gasteiger partial charge in [0.15, 0.2) is 0 Å².